The zero-order chi connectivity index (χ0) is 18.6. The maximum absolute atomic E-state index is 13.4. The van der Waals surface area contributed by atoms with E-state index in [1.165, 1.54) is 5.56 Å². The summed E-state index contributed by atoms with van der Waals surface area (Å²) < 4.78 is 0. The lowest BCUT2D eigenvalue weighted by Gasteiger charge is -2.37. The Bertz CT molecular complexity index is 766. The Balaban J connectivity index is 1.46. The SMILES string of the molecule is O=C([C@H](c1cccnc1)N1CCCC1)N1CCC(c2cccc(O)c2)CC1. The van der Waals surface area contributed by atoms with Crippen LogP contribution in [0, 0.1) is 0 Å². The van der Waals surface area contributed by atoms with Crippen LogP contribution < -0.4 is 0 Å². The first-order valence-electron chi connectivity index (χ1n) is 9.94. The second-order valence-corrected chi connectivity index (χ2v) is 7.63. The van der Waals surface area contributed by atoms with Crippen molar-refractivity contribution in [3.8, 4) is 5.75 Å². The number of carbonyl (C=O) groups is 1. The molecule has 142 valence electrons. The van der Waals surface area contributed by atoms with Crippen LogP contribution in [0.3, 0.4) is 0 Å². The summed E-state index contributed by atoms with van der Waals surface area (Å²) in [7, 11) is 0. The minimum Gasteiger partial charge on any atom is -0.508 e. The normalized spacial score (nSPS) is 19.9. The van der Waals surface area contributed by atoms with E-state index in [1.54, 1.807) is 12.3 Å². The Morgan fingerprint density at radius 2 is 1.85 bits per heavy atom. The molecule has 2 aromatic rings. The number of hydrogen-bond acceptors (Lipinski definition) is 4. The summed E-state index contributed by atoms with van der Waals surface area (Å²) in [5.74, 6) is 0.931. The van der Waals surface area contributed by atoms with Crippen molar-refractivity contribution in [3.05, 3.63) is 59.9 Å². The molecule has 1 aromatic heterocycles. The van der Waals surface area contributed by atoms with E-state index in [-0.39, 0.29) is 11.9 Å². The summed E-state index contributed by atoms with van der Waals surface area (Å²) >= 11 is 0. The van der Waals surface area contributed by atoms with Crippen molar-refractivity contribution in [1.82, 2.24) is 14.8 Å². The predicted octanol–water partition coefficient (Wildman–Crippen LogP) is 3.33. The fraction of sp³-hybridized carbons (Fsp3) is 0.455. The Labute approximate surface area is 160 Å². The van der Waals surface area contributed by atoms with Crippen LogP contribution in [0.15, 0.2) is 48.8 Å². The fourth-order valence-corrected chi connectivity index (χ4v) is 4.43. The number of phenolic OH excluding ortho intramolecular Hbond substituents is 1. The van der Waals surface area contributed by atoms with E-state index in [1.807, 2.05) is 35.4 Å². The highest BCUT2D eigenvalue weighted by Gasteiger charge is 2.34. The lowest BCUT2D eigenvalue weighted by molar-refractivity contribution is -0.138. The number of nitrogens with zero attached hydrogens (tertiary/aromatic N) is 3. The molecule has 1 amide bonds. The molecule has 2 saturated heterocycles. The van der Waals surface area contributed by atoms with Gasteiger partial charge >= 0.3 is 0 Å². The van der Waals surface area contributed by atoms with Crippen LogP contribution in [0.4, 0.5) is 0 Å². The van der Waals surface area contributed by atoms with Crippen LogP contribution >= 0.6 is 0 Å². The van der Waals surface area contributed by atoms with Crippen molar-refractivity contribution in [2.75, 3.05) is 26.2 Å². The molecule has 0 saturated carbocycles. The van der Waals surface area contributed by atoms with Gasteiger partial charge in [-0.2, -0.15) is 0 Å². The Kier molecular flexibility index (Phi) is 5.39. The summed E-state index contributed by atoms with van der Waals surface area (Å²) in [5.41, 5.74) is 2.17. The number of piperidine rings is 1. The Morgan fingerprint density at radius 1 is 1.07 bits per heavy atom. The molecule has 1 atom stereocenters. The van der Waals surface area contributed by atoms with Crippen LogP contribution in [0.25, 0.3) is 0 Å². The molecule has 5 heteroatoms. The summed E-state index contributed by atoms with van der Waals surface area (Å²) in [6.07, 6.45) is 7.79. The maximum atomic E-state index is 13.4. The third-order valence-electron chi connectivity index (χ3n) is 5.89. The number of amides is 1. The zero-order valence-corrected chi connectivity index (χ0v) is 15.6. The van der Waals surface area contributed by atoms with Gasteiger partial charge in [0.1, 0.15) is 11.8 Å². The summed E-state index contributed by atoms with van der Waals surface area (Å²) in [4.78, 5) is 22.0. The largest absolute Gasteiger partial charge is 0.508 e. The third-order valence-corrected chi connectivity index (χ3v) is 5.89. The van der Waals surface area contributed by atoms with Gasteiger partial charge < -0.3 is 10.0 Å². The van der Waals surface area contributed by atoms with Crippen LogP contribution in [-0.4, -0.2) is 52.0 Å². The fourth-order valence-electron chi connectivity index (χ4n) is 4.43. The van der Waals surface area contributed by atoms with Crippen molar-refractivity contribution in [2.45, 2.75) is 37.6 Å². The van der Waals surface area contributed by atoms with Crippen LogP contribution in [0.2, 0.25) is 0 Å². The number of aromatic hydroxyl groups is 1. The molecular formula is C22H27N3O2. The van der Waals surface area contributed by atoms with Gasteiger partial charge in [-0.15, -0.1) is 0 Å². The lowest BCUT2D eigenvalue weighted by Crippen LogP contribution is -2.45. The molecule has 2 aliphatic heterocycles. The minimum absolute atomic E-state index is 0.208. The number of hydrogen-bond donors (Lipinski definition) is 1. The van der Waals surface area contributed by atoms with Gasteiger partial charge in [-0.05, 0) is 74.0 Å². The Hall–Kier alpha value is -2.40. The number of aromatic nitrogens is 1. The van der Waals surface area contributed by atoms with Crippen LogP contribution in [0.1, 0.15) is 48.8 Å². The average Bonchev–Trinajstić information content (AvgIpc) is 3.23. The zero-order valence-electron chi connectivity index (χ0n) is 15.6. The minimum atomic E-state index is -0.210. The molecule has 0 radical (unpaired) electrons. The topological polar surface area (TPSA) is 56.7 Å². The molecule has 27 heavy (non-hydrogen) atoms. The average molecular weight is 365 g/mol. The molecular weight excluding hydrogens is 338 g/mol. The van der Waals surface area contributed by atoms with Crippen molar-refractivity contribution in [3.63, 3.8) is 0 Å². The van der Waals surface area contributed by atoms with Gasteiger partial charge in [0, 0.05) is 25.5 Å². The number of likely N-dealkylation sites (tertiary alicyclic amines) is 2. The van der Waals surface area contributed by atoms with Crippen molar-refractivity contribution in [2.24, 2.45) is 0 Å². The van der Waals surface area contributed by atoms with Gasteiger partial charge in [-0.3, -0.25) is 14.7 Å². The molecule has 3 heterocycles. The number of pyridine rings is 1. The van der Waals surface area contributed by atoms with E-state index in [0.717, 1.165) is 57.4 Å². The van der Waals surface area contributed by atoms with E-state index < -0.39 is 0 Å². The van der Waals surface area contributed by atoms with Gasteiger partial charge in [0.25, 0.3) is 0 Å². The first kappa shape index (κ1) is 18.0. The third kappa shape index (κ3) is 3.98. The van der Waals surface area contributed by atoms with Crippen molar-refractivity contribution < 1.29 is 9.90 Å². The number of phenols is 1. The summed E-state index contributed by atoms with van der Waals surface area (Å²) in [6.45, 7) is 3.49. The van der Waals surface area contributed by atoms with Gasteiger partial charge in [-0.1, -0.05) is 18.2 Å². The van der Waals surface area contributed by atoms with E-state index >= 15 is 0 Å². The predicted molar refractivity (Wildman–Crippen MR) is 104 cm³/mol. The molecule has 5 nitrogen and oxygen atoms in total. The van der Waals surface area contributed by atoms with Gasteiger partial charge in [0.05, 0.1) is 0 Å². The molecule has 0 aliphatic carbocycles. The van der Waals surface area contributed by atoms with Crippen LogP contribution in [0.5, 0.6) is 5.75 Å². The molecule has 1 N–H and O–H groups in total. The Morgan fingerprint density at radius 3 is 2.52 bits per heavy atom. The highest BCUT2D eigenvalue weighted by molar-refractivity contribution is 5.83. The quantitative estimate of drug-likeness (QED) is 0.903. The van der Waals surface area contributed by atoms with Gasteiger partial charge in [0.15, 0.2) is 0 Å². The van der Waals surface area contributed by atoms with Crippen molar-refractivity contribution >= 4 is 5.91 Å². The van der Waals surface area contributed by atoms with E-state index in [2.05, 4.69) is 16.0 Å². The first-order valence-corrected chi connectivity index (χ1v) is 9.94. The van der Waals surface area contributed by atoms with E-state index in [0.29, 0.717) is 11.7 Å². The van der Waals surface area contributed by atoms with Gasteiger partial charge in [0.2, 0.25) is 5.91 Å². The maximum Gasteiger partial charge on any atom is 0.244 e. The number of benzene rings is 1. The van der Waals surface area contributed by atoms with Gasteiger partial charge in [-0.25, -0.2) is 0 Å². The summed E-state index contributed by atoms with van der Waals surface area (Å²) in [6, 6.07) is 11.3. The van der Waals surface area contributed by atoms with E-state index in [4.69, 9.17) is 0 Å². The second kappa shape index (κ2) is 8.09. The highest BCUT2D eigenvalue weighted by atomic mass is 16.3. The van der Waals surface area contributed by atoms with Crippen LogP contribution in [-0.2, 0) is 4.79 Å². The highest BCUT2D eigenvalue weighted by Crippen LogP contribution is 2.32. The van der Waals surface area contributed by atoms with Crippen molar-refractivity contribution in [1.29, 1.82) is 0 Å². The second-order valence-electron chi connectivity index (χ2n) is 7.63. The molecule has 4 rings (SSSR count). The van der Waals surface area contributed by atoms with E-state index in [9.17, 15) is 9.90 Å². The number of rotatable bonds is 4. The molecule has 1 aromatic carbocycles. The first-order chi connectivity index (χ1) is 13.2. The molecule has 2 fully saturated rings. The summed E-state index contributed by atoms with van der Waals surface area (Å²) in [5, 5.41) is 9.73. The lowest BCUT2D eigenvalue weighted by atomic mass is 9.89. The molecule has 0 bridgehead atoms. The molecule has 2 aliphatic rings. The monoisotopic (exact) mass is 365 g/mol. The smallest absolute Gasteiger partial charge is 0.244 e. The molecule has 0 unspecified atom stereocenters. The molecule has 0 spiro atoms. The standard InChI is InChI=1S/C22H27N3O2/c26-20-7-3-5-18(15-20)17-8-13-25(14-9-17)22(27)21(24-11-1-2-12-24)19-6-4-10-23-16-19/h3-7,10,15-17,21,26H,1-2,8-9,11-14H2/t21-/m0/s1. The number of carbonyl (C=O) groups excluding carboxylic acids is 1.